The number of aryl methyl sites for hydroxylation is 1. The molecule has 2 N–H and O–H groups in total. The summed E-state index contributed by atoms with van der Waals surface area (Å²) in [5.41, 5.74) is 2.64. The molecular weight excluding hydrogens is 483 g/mol. The van der Waals surface area contributed by atoms with Crippen LogP contribution in [-0.4, -0.2) is 26.1 Å². The van der Waals surface area contributed by atoms with Gasteiger partial charge in [0.1, 0.15) is 5.82 Å². The number of fused-ring (bicyclic) bond motifs is 1. The second-order valence-electron chi connectivity index (χ2n) is 8.94. The van der Waals surface area contributed by atoms with Crippen molar-refractivity contribution in [1.29, 1.82) is 5.26 Å². The molecule has 0 aliphatic carbocycles. The first kappa shape index (κ1) is 25.6. The van der Waals surface area contributed by atoms with Crippen LogP contribution < -0.4 is 14.8 Å². The van der Waals surface area contributed by atoms with E-state index < -0.39 is 21.7 Å². The van der Waals surface area contributed by atoms with E-state index in [4.69, 9.17) is 19.3 Å². The highest BCUT2D eigenvalue weighted by atomic mass is 32.2. The van der Waals surface area contributed by atoms with Crippen LogP contribution in [0.15, 0.2) is 65.6 Å². The zero-order valence-corrected chi connectivity index (χ0v) is 20.8. The largest absolute Gasteiger partial charge is 0.444 e. The lowest BCUT2D eigenvalue weighted by atomic mass is 9.89. The third-order valence-electron chi connectivity index (χ3n) is 6.30. The van der Waals surface area contributed by atoms with Gasteiger partial charge in [-0.1, -0.05) is 29.8 Å². The molecule has 0 saturated carbocycles. The lowest BCUT2D eigenvalue weighted by molar-refractivity contribution is -0.0711. The first-order chi connectivity index (χ1) is 17.1. The van der Waals surface area contributed by atoms with Crippen LogP contribution in [0.5, 0.6) is 11.5 Å². The molecule has 2 aliphatic rings. The van der Waals surface area contributed by atoms with Crippen LogP contribution in [0.2, 0.25) is 0 Å². The molecule has 0 spiro atoms. The van der Waals surface area contributed by atoms with Crippen molar-refractivity contribution < 1.29 is 26.8 Å². The maximum Gasteiger partial charge on any atom is 0.294 e. The second-order valence-corrected chi connectivity index (χ2v) is 10.4. The van der Waals surface area contributed by atoms with E-state index >= 15 is 0 Å². The molecule has 188 valence electrons. The number of piperidine rings is 1. The normalized spacial score (nSPS) is 19.2. The van der Waals surface area contributed by atoms with Crippen LogP contribution in [0, 0.1) is 24.1 Å². The first-order valence-corrected chi connectivity index (χ1v) is 13.0. The zero-order chi connectivity index (χ0) is 25.9. The Morgan fingerprint density at radius 2 is 1.78 bits per heavy atom. The summed E-state index contributed by atoms with van der Waals surface area (Å²) in [5.74, 6) is 0.0253. The van der Waals surface area contributed by atoms with Gasteiger partial charge in [-0.15, -0.1) is 0 Å². The fraction of sp³-hybridized carbons (Fsp3) is 0.296. The van der Waals surface area contributed by atoms with Gasteiger partial charge in [0, 0.05) is 12.5 Å². The Labute approximate surface area is 210 Å². The van der Waals surface area contributed by atoms with Gasteiger partial charge < -0.3 is 14.8 Å². The van der Waals surface area contributed by atoms with E-state index in [1.807, 2.05) is 25.1 Å². The van der Waals surface area contributed by atoms with Gasteiger partial charge in [-0.05, 0) is 75.2 Å². The SMILES string of the molecule is CC1(c2ccc(C#N)cc2F)Oc2cccc(C3CCNCC3)c2O1.Cc1ccc(S(=O)(=O)O)cc1. The van der Waals surface area contributed by atoms with Gasteiger partial charge in [0.05, 0.1) is 22.1 Å². The molecule has 0 amide bonds. The summed E-state index contributed by atoms with van der Waals surface area (Å²) >= 11 is 0. The molecule has 3 aromatic carbocycles. The van der Waals surface area contributed by atoms with Crippen LogP contribution in [0.3, 0.4) is 0 Å². The molecule has 36 heavy (non-hydrogen) atoms. The predicted octanol–water partition coefficient (Wildman–Crippen LogP) is 5.05. The average Bonchev–Trinajstić information content (AvgIpc) is 3.21. The molecule has 0 radical (unpaired) electrons. The van der Waals surface area contributed by atoms with E-state index in [1.54, 1.807) is 31.2 Å². The maximum absolute atomic E-state index is 14.5. The molecule has 0 bridgehead atoms. The zero-order valence-electron chi connectivity index (χ0n) is 20.0. The molecular formula is C27H27FN2O5S. The molecule has 1 saturated heterocycles. The van der Waals surface area contributed by atoms with Crippen molar-refractivity contribution in [1.82, 2.24) is 5.32 Å². The number of para-hydroxylation sites is 1. The second kappa shape index (κ2) is 10.3. The monoisotopic (exact) mass is 510 g/mol. The summed E-state index contributed by atoms with van der Waals surface area (Å²) in [6, 6.07) is 18.2. The van der Waals surface area contributed by atoms with Crippen LogP contribution in [0.25, 0.3) is 0 Å². The highest BCUT2D eigenvalue weighted by Crippen LogP contribution is 2.49. The summed E-state index contributed by atoms with van der Waals surface area (Å²) in [7, 11) is -4.02. The van der Waals surface area contributed by atoms with Crippen molar-refractivity contribution in [3.05, 3.63) is 88.7 Å². The average molecular weight is 511 g/mol. The van der Waals surface area contributed by atoms with Crippen molar-refractivity contribution in [2.24, 2.45) is 0 Å². The van der Waals surface area contributed by atoms with E-state index in [0.29, 0.717) is 23.0 Å². The van der Waals surface area contributed by atoms with E-state index in [2.05, 4.69) is 11.4 Å². The van der Waals surface area contributed by atoms with Gasteiger partial charge in [0.15, 0.2) is 11.5 Å². The van der Waals surface area contributed by atoms with E-state index in [0.717, 1.165) is 37.1 Å². The van der Waals surface area contributed by atoms with Crippen molar-refractivity contribution in [2.75, 3.05) is 13.1 Å². The molecule has 1 atom stereocenters. The molecule has 1 unspecified atom stereocenters. The molecule has 2 aliphatic heterocycles. The number of benzene rings is 3. The van der Waals surface area contributed by atoms with Crippen molar-refractivity contribution in [2.45, 2.75) is 43.3 Å². The number of nitriles is 1. The molecule has 3 aromatic rings. The lowest BCUT2D eigenvalue weighted by Crippen LogP contribution is -2.33. The predicted molar refractivity (Wildman–Crippen MR) is 132 cm³/mol. The fourth-order valence-corrected chi connectivity index (χ4v) is 4.86. The molecule has 1 fully saturated rings. The number of nitrogens with one attached hydrogen (secondary N) is 1. The number of hydrogen-bond donors (Lipinski definition) is 2. The Balaban J connectivity index is 0.000000233. The standard InChI is InChI=1S/C20H19FN2O2.C7H8O3S/c1-20(16-6-5-13(12-22)11-17(16)21)24-18-4-2-3-15(19(18)25-20)14-7-9-23-10-8-14;1-6-2-4-7(5-3-6)11(8,9)10/h2-6,11,14,23H,7-10H2,1H3;2-5H,1H3,(H,8,9,10). The minimum atomic E-state index is -4.02. The van der Waals surface area contributed by atoms with Gasteiger partial charge in [0.25, 0.3) is 15.9 Å². The van der Waals surface area contributed by atoms with Crippen molar-refractivity contribution in [3.63, 3.8) is 0 Å². The van der Waals surface area contributed by atoms with Crippen molar-refractivity contribution in [3.8, 4) is 17.6 Å². The van der Waals surface area contributed by atoms with Gasteiger partial charge >= 0.3 is 0 Å². The Kier molecular flexibility index (Phi) is 7.31. The van der Waals surface area contributed by atoms with Gasteiger partial charge in [-0.3, -0.25) is 4.55 Å². The Bertz CT molecular complexity index is 1400. The Morgan fingerprint density at radius 3 is 2.39 bits per heavy atom. The number of hydrogen-bond acceptors (Lipinski definition) is 6. The highest BCUT2D eigenvalue weighted by molar-refractivity contribution is 7.85. The summed E-state index contributed by atoms with van der Waals surface area (Å²) in [4.78, 5) is -0.0666. The Morgan fingerprint density at radius 1 is 1.08 bits per heavy atom. The summed E-state index contributed by atoms with van der Waals surface area (Å²) in [5, 5.41) is 12.3. The van der Waals surface area contributed by atoms with Crippen LogP contribution in [0.1, 0.15) is 47.9 Å². The van der Waals surface area contributed by atoms with E-state index in [9.17, 15) is 12.8 Å². The molecule has 2 heterocycles. The molecule has 9 heteroatoms. The highest BCUT2D eigenvalue weighted by Gasteiger charge is 2.42. The Hall–Kier alpha value is -3.45. The number of nitrogens with zero attached hydrogens (tertiary/aromatic N) is 1. The van der Waals surface area contributed by atoms with Crippen molar-refractivity contribution >= 4 is 10.1 Å². The summed E-state index contributed by atoms with van der Waals surface area (Å²) in [6.07, 6.45) is 2.09. The van der Waals surface area contributed by atoms with Gasteiger partial charge in [-0.2, -0.15) is 13.7 Å². The number of ether oxygens (including phenoxy) is 2. The first-order valence-electron chi connectivity index (χ1n) is 11.6. The maximum atomic E-state index is 14.5. The van der Waals surface area contributed by atoms with E-state index in [1.165, 1.54) is 18.2 Å². The molecule has 0 aromatic heterocycles. The lowest BCUT2D eigenvalue weighted by Gasteiger charge is -2.26. The fourth-order valence-electron chi connectivity index (χ4n) is 4.38. The van der Waals surface area contributed by atoms with Gasteiger partial charge in [-0.25, -0.2) is 4.39 Å². The number of rotatable bonds is 3. The minimum absolute atomic E-state index is 0.0666. The molecule has 5 rings (SSSR count). The quantitative estimate of drug-likeness (QED) is 0.475. The minimum Gasteiger partial charge on any atom is -0.444 e. The smallest absolute Gasteiger partial charge is 0.294 e. The number of halogens is 1. The van der Waals surface area contributed by atoms with Crippen LogP contribution in [0.4, 0.5) is 4.39 Å². The summed E-state index contributed by atoms with van der Waals surface area (Å²) < 4.78 is 56.2. The van der Waals surface area contributed by atoms with Crippen LogP contribution in [-0.2, 0) is 15.9 Å². The summed E-state index contributed by atoms with van der Waals surface area (Å²) in [6.45, 7) is 5.52. The van der Waals surface area contributed by atoms with Gasteiger partial charge in [0.2, 0.25) is 0 Å². The third-order valence-corrected chi connectivity index (χ3v) is 7.16. The molecule has 7 nitrogen and oxygen atoms in total. The van der Waals surface area contributed by atoms with E-state index in [-0.39, 0.29) is 10.5 Å². The van der Waals surface area contributed by atoms with Crippen LogP contribution >= 0.6 is 0 Å². The third kappa shape index (κ3) is 5.51. The topological polar surface area (TPSA) is 109 Å².